The maximum absolute atomic E-state index is 13.3. The predicted molar refractivity (Wildman–Crippen MR) is 100 cm³/mol. The first-order valence-electron chi connectivity index (χ1n) is 9.15. The summed E-state index contributed by atoms with van der Waals surface area (Å²) in [5.41, 5.74) is 3.58. The van der Waals surface area contributed by atoms with Crippen LogP contribution in [0.25, 0.3) is 11.1 Å². The third-order valence-electron chi connectivity index (χ3n) is 5.73. The number of carbonyl (C=O) groups is 1. The molecule has 0 unspecified atom stereocenters. The van der Waals surface area contributed by atoms with Gasteiger partial charge in [0.1, 0.15) is 6.04 Å². The predicted octanol–water partition coefficient (Wildman–Crippen LogP) is 2.79. The Morgan fingerprint density at radius 2 is 1.67 bits per heavy atom. The minimum absolute atomic E-state index is 0.172. The second-order valence-corrected chi connectivity index (χ2v) is 9.05. The first kappa shape index (κ1) is 18.2. The van der Waals surface area contributed by atoms with E-state index in [0.29, 0.717) is 6.42 Å². The Morgan fingerprint density at radius 1 is 1.00 bits per heavy atom. The van der Waals surface area contributed by atoms with Crippen molar-refractivity contribution in [1.29, 1.82) is 0 Å². The van der Waals surface area contributed by atoms with Gasteiger partial charge in [0, 0.05) is 6.04 Å². The van der Waals surface area contributed by atoms with Crippen LogP contribution in [0.1, 0.15) is 25.7 Å². The Hall–Kier alpha value is -2.22. The maximum atomic E-state index is 13.3. The van der Waals surface area contributed by atoms with Crippen molar-refractivity contribution in [3.05, 3.63) is 54.6 Å². The second kappa shape index (κ2) is 7.07. The molecule has 2 aromatic rings. The van der Waals surface area contributed by atoms with E-state index in [1.165, 1.54) is 4.31 Å². The van der Waals surface area contributed by atoms with Crippen molar-refractivity contribution in [2.75, 3.05) is 0 Å². The van der Waals surface area contributed by atoms with Crippen molar-refractivity contribution < 1.29 is 18.4 Å². The summed E-state index contributed by atoms with van der Waals surface area (Å²) in [6, 6.07) is 15.4. The van der Waals surface area contributed by atoms with Crippen LogP contribution in [0.4, 0.5) is 0 Å². The summed E-state index contributed by atoms with van der Waals surface area (Å²) >= 11 is 0. The number of hydroxylamine groups is 1. The lowest BCUT2D eigenvalue weighted by Gasteiger charge is -2.27. The van der Waals surface area contributed by atoms with Crippen molar-refractivity contribution in [2.24, 2.45) is 5.92 Å². The van der Waals surface area contributed by atoms with Crippen LogP contribution in [-0.4, -0.2) is 35.9 Å². The highest BCUT2D eigenvalue weighted by molar-refractivity contribution is 7.89. The fourth-order valence-corrected chi connectivity index (χ4v) is 6.34. The molecule has 0 spiro atoms. The van der Waals surface area contributed by atoms with E-state index in [9.17, 15) is 13.2 Å². The number of fused-ring (bicyclic) bond motifs is 1. The van der Waals surface area contributed by atoms with Crippen LogP contribution in [0.2, 0.25) is 0 Å². The van der Waals surface area contributed by atoms with Gasteiger partial charge in [0.05, 0.1) is 4.90 Å². The zero-order valence-corrected chi connectivity index (χ0v) is 15.6. The number of sulfonamides is 1. The van der Waals surface area contributed by atoms with Gasteiger partial charge < -0.3 is 0 Å². The molecule has 0 radical (unpaired) electrons. The van der Waals surface area contributed by atoms with Gasteiger partial charge in [-0.2, -0.15) is 4.31 Å². The number of nitrogens with one attached hydrogen (secondary N) is 1. The lowest BCUT2D eigenvalue weighted by molar-refractivity contribution is -0.132. The van der Waals surface area contributed by atoms with Crippen molar-refractivity contribution in [3.63, 3.8) is 0 Å². The zero-order valence-electron chi connectivity index (χ0n) is 14.8. The summed E-state index contributed by atoms with van der Waals surface area (Å²) in [4.78, 5) is 12.3. The largest absolute Gasteiger partial charge is 0.289 e. The highest BCUT2D eigenvalue weighted by Gasteiger charge is 2.52. The highest BCUT2D eigenvalue weighted by Crippen LogP contribution is 2.44. The number of amides is 1. The minimum Gasteiger partial charge on any atom is -0.289 e. The van der Waals surface area contributed by atoms with E-state index in [2.05, 4.69) is 0 Å². The van der Waals surface area contributed by atoms with Crippen molar-refractivity contribution in [2.45, 2.75) is 42.7 Å². The Morgan fingerprint density at radius 3 is 2.33 bits per heavy atom. The molecule has 27 heavy (non-hydrogen) atoms. The van der Waals surface area contributed by atoms with E-state index in [4.69, 9.17) is 5.21 Å². The molecule has 1 amide bonds. The number of benzene rings is 2. The summed E-state index contributed by atoms with van der Waals surface area (Å²) in [5.74, 6) is -0.487. The highest BCUT2D eigenvalue weighted by atomic mass is 32.2. The van der Waals surface area contributed by atoms with Crippen LogP contribution in [0.15, 0.2) is 59.5 Å². The van der Waals surface area contributed by atoms with E-state index in [0.717, 1.165) is 30.4 Å². The summed E-state index contributed by atoms with van der Waals surface area (Å²) in [6.45, 7) is 0. The summed E-state index contributed by atoms with van der Waals surface area (Å²) in [5, 5.41) is 9.05. The summed E-state index contributed by atoms with van der Waals surface area (Å²) < 4.78 is 28.0. The first-order valence-corrected chi connectivity index (χ1v) is 10.6. The zero-order chi connectivity index (χ0) is 19.0. The van der Waals surface area contributed by atoms with E-state index in [1.54, 1.807) is 29.7 Å². The maximum Gasteiger partial charge on any atom is 0.261 e. The van der Waals surface area contributed by atoms with E-state index >= 15 is 0 Å². The average Bonchev–Trinajstić information content (AvgIpc) is 3.29. The van der Waals surface area contributed by atoms with Gasteiger partial charge in [-0.3, -0.25) is 10.0 Å². The fraction of sp³-hybridized carbons (Fsp3) is 0.350. The quantitative estimate of drug-likeness (QED) is 0.625. The summed E-state index contributed by atoms with van der Waals surface area (Å²) in [7, 11) is -3.83. The molecule has 1 saturated carbocycles. The molecular weight excluding hydrogens is 364 g/mol. The molecule has 3 atom stereocenters. The molecule has 2 aliphatic rings. The molecule has 1 aliphatic heterocycles. The lowest BCUT2D eigenvalue weighted by atomic mass is 10.0. The number of carbonyl (C=O) groups excluding carboxylic acids is 1. The SMILES string of the molecule is O=C(NO)[C@H]1C[C@H]2CCC[C@H]2N1S(=O)(=O)c1ccc(-c2ccccc2)cc1. The Labute approximate surface area is 158 Å². The number of nitrogens with zero attached hydrogens (tertiary/aromatic N) is 1. The second-order valence-electron chi connectivity index (χ2n) is 7.21. The van der Waals surface area contributed by atoms with Gasteiger partial charge in [-0.1, -0.05) is 48.9 Å². The van der Waals surface area contributed by atoms with Gasteiger partial charge in [-0.05, 0) is 48.4 Å². The lowest BCUT2D eigenvalue weighted by Crippen LogP contribution is -2.48. The first-order chi connectivity index (χ1) is 13.0. The van der Waals surface area contributed by atoms with Crippen molar-refractivity contribution in [3.8, 4) is 11.1 Å². The molecule has 0 bridgehead atoms. The molecule has 1 heterocycles. The van der Waals surface area contributed by atoms with E-state index < -0.39 is 22.0 Å². The van der Waals surface area contributed by atoms with Gasteiger partial charge in [0.2, 0.25) is 10.0 Å². The molecular formula is C20H22N2O4S. The molecule has 2 aromatic carbocycles. The number of hydrogen-bond donors (Lipinski definition) is 2. The van der Waals surface area contributed by atoms with Crippen LogP contribution < -0.4 is 5.48 Å². The van der Waals surface area contributed by atoms with Crippen LogP contribution in [0.5, 0.6) is 0 Å². The summed E-state index contributed by atoms with van der Waals surface area (Å²) in [6.07, 6.45) is 3.08. The van der Waals surface area contributed by atoms with E-state index in [-0.39, 0.29) is 16.9 Å². The Bertz CT molecular complexity index is 928. The van der Waals surface area contributed by atoms with Crippen molar-refractivity contribution in [1.82, 2.24) is 9.79 Å². The topological polar surface area (TPSA) is 86.7 Å². The minimum atomic E-state index is -3.83. The van der Waals surface area contributed by atoms with Gasteiger partial charge in [0.25, 0.3) is 5.91 Å². The molecule has 2 N–H and O–H groups in total. The molecule has 4 rings (SSSR count). The van der Waals surface area contributed by atoms with E-state index in [1.807, 2.05) is 30.3 Å². The number of rotatable bonds is 4. The Balaban J connectivity index is 1.68. The fourth-order valence-electron chi connectivity index (χ4n) is 4.46. The smallest absolute Gasteiger partial charge is 0.261 e. The van der Waals surface area contributed by atoms with Crippen LogP contribution in [0, 0.1) is 5.92 Å². The molecule has 1 saturated heterocycles. The third kappa shape index (κ3) is 3.16. The monoisotopic (exact) mass is 386 g/mol. The normalized spacial score (nSPS) is 25.3. The molecule has 142 valence electrons. The standard InChI is InChI=1S/C20H22N2O4S/c23-20(21-24)19-13-16-7-4-8-18(16)22(19)27(25,26)17-11-9-15(10-12-17)14-5-2-1-3-6-14/h1-3,5-6,9-12,16,18-19,24H,4,7-8,13H2,(H,21,23)/t16-,18-,19-/m1/s1. The van der Waals surface area contributed by atoms with Crippen molar-refractivity contribution >= 4 is 15.9 Å². The van der Waals surface area contributed by atoms with Gasteiger partial charge in [0.15, 0.2) is 0 Å². The number of hydrogen-bond acceptors (Lipinski definition) is 4. The van der Waals surface area contributed by atoms with Gasteiger partial charge in [-0.25, -0.2) is 13.9 Å². The molecule has 1 aliphatic carbocycles. The average molecular weight is 386 g/mol. The van der Waals surface area contributed by atoms with Crippen LogP contribution >= 0.6 is 0 Å². The van der Waals surface area contributed by atoms with Gasteiger partial charge >= 0.3 is 0 Å². The molecule has 6 nitrogen and oxygen atoms in total. The van der Waals surface area contributed by atoms with Crippen LogP contribution in [-0.2, 0) is 14.8 Å². The molecule has 2 fully saturated rings. The van der Waals surface area contributed by atoms with Crippen LogP contribution in [0.3, 0.4) is 0 Å². The van der Waals surface area contributed by atoms with Gasteiger partial charge in [-0.15, -0.1) is 0 Å². The molecule has 0 aromatic heterocycles. The third-order valence-corrected chi connectivity index (χ3v) is 7.68. The molecule has 7 heteroatoms. The Kier molecular flexibility index (Phi) is 4.75.